The van der Waals surface area contributed by atoms with Crippen molar-refractivity contribution < 1.29 is 22.7 Å². The third-order valence-electron chi connectivity index (χ3n) is 5.69. The van der Waals surface area contributed by atoms with Gasteiger partial charge >= 0.3 is 0 Å². The number of amides is 2. The van der Waals surface area contributed by atoms with Crippen LogP contribution in [-0.2, 0) is 26.2 Å². The van der Waals surface area contributed by atoms with E-state index >= 15 is 0 Å². The van der Waals surface area contributed by atoms with Gasteiger partial charge in [-0.1, -0.05) is 49.7 Å². The van der Waals surface area contributed by atoms with Crippen LogP contribution in [0.5, 0.6) is 5.75 Å². The summed E-state index contributed by atoms with van der Waals surface area (Å²) < 4.78 is 31.8. The van der Waals surface area contributed by atoms with Crippen LogP contribution in [0.15, 0.2) is 48.5 Å². The second-order valence-corrected chi connectivity index (χ2v) is 10.7. The number of para-hydroxylation sites is 2. The molecule has 2 atom stereocenters. The van der Waals surface area contributed by atoms with Gasteiger partial charge in [-0.05, 0) is 49.6 Å². The number of carbonyl (C=O) groups is 2. The maximum Gasteiger partial charge on any atom is 0.244 e. The van der Waals surface area contributed by atoms with Crippen molar-refractivity contribution in [2.75, 3.05) is 24.2 Å². The summed E-state index contributed by atoms with van der Waals surface area (Å²) in [6, 6.07) is 12.7. The smallest absolute Gasteiger partial charge is 0.244 e. The molecule has 0 saturated heterocycles. The Morgan fingerprint density at radius 3 is 2.23 bits per heavy atom. The molecule has 2 amide bonds. The molecule has 10 heteroatoms. The number of anilines is 1. The van der Waals surface area contributed by atoms with E-state index in [0.717, 1.165) is 22.5 Å². The van der Waals surface area contributed by atoms with Gasteiger partial charge in [-0.2, -0.15) is 0 Å². The predicted octanol–water partition coefficient (Wildman–Crippen LogP) is 3.84. The molecular weight excluding hydrogens is 490 g/mol. The van der Waals surface area contributed by atoms with Crippen molar-refractivity contribution >= 4 is 39.1 Å². The molecule has 0 radical (unpaired) electrons. The summed E-state index contributed by atoms with van der Waals surface area (Å²) in [6.45, 7) is 5.30. The molecule has 0 spiro atoms. The molecule has 0 aliphatic carbocycles. The van der Waals surface area contributed by atoms with Gasteiger partial charge in [0.25, 0.3) is 0 Å². The first-order chi connectivity index (χ1) is 16.5. The molecule has 1 N–H and O–H groups in total. The summed E-state index contributed by atoms with van der Waals surface area (Å²) in [5, 5.41) is 3.49. The van der Waals surface area contributed by atoms with Crippen molar-refractivity contribution in [1.29, 1.82) is 0 Å². The van der Waals surface area contributed by atoms with Gasteiger partial charge in [0.1, 0.15) is 18.3 Å². The van der Waals surface area contributed by atoms with E-state index in [-0.39, 0.29) is 24.2 Å². The van der Waals surface area contributed by atoms with E-state index in [1.807, 2.05) is 20.8 Å². The number of sulfonamides is 1. The lowest BCUT2D eigenvalue weighted by molar-refractivity contribution is -0.140. The van der Waals surface area contributed by atoms with Crippen molar-refractivity contribution in [2.24, 2.45) is 0 Å². The maximum absolute atomic E-state index is 13.7. The molecular formula is C25H34ClN3O5S. The van der Waals surface area contributed by atoms with Crippen molar-refractivity contribution in [2.45, 2.75) is 52.2 Å². The second kappa shape index (κ2) is 12.8. The molecule has 0 saturated carbocycles. The Labute approximate surface area is 213 Å². The number of methoxy groups -OCH3 is 1. The van der Waals surface area contributed by atoms with Crippen molar-refractivity contribution in [3.8, 4) is 5.75 Å². The number of nitrogens with zero attached hydrogens (tertiary/aromatic N) is 2. The Hall–Kier alpha value is -2.78. The van der Waals surface area contributed by atoms with Crippen molar-refractivity contribution in [3.05, 3.63) is 59.1 Å². The van der Waals surface area contributed by atoms with E-state index in [4.69, 9.17) is 16.3 Å². The maximum atomic E-state index is 13.7. The van der Waals surface area contributed by atoms with Crippen LogP contribution >= 0.6 is 11.6 Å². The third-order valence-corrected chi connectivity index (χ3v) is 7.06. The lowest BCUT2D eigenvalue weighted by Crippen LogP contribution is -2.53. The molecule has 2 aromatic carbocycles. The molecule has 8 nitrogen and oxygen atoms in total. The number of rotatable bonds is 12. The molecule has 0 aromatic heterocycles. The number of benzene rings is 2. The minimum Gasteiger partial charge on any atom is -0.495 e. The molecule has 0 bridgehead atoms. The van der Waals surface area contributed by atoms with Crippen LogP contribution in [0.2, 0.25) is 5.02 Å². The van der Waals surface area contributed by atoms with Crippen LogP contribution in [0.4, 0.5) is 5.69 Å². The van der Waals surface area contributed by atoms with Gasteiger partial charge in [0.05, 0.1) is 19.1 Å². The normalized spacial score (nSPS) is 13.0. The molecule has 2 rings (SSSR count). The fourth-order valence-corrected chi connectivity index (χ4v) is 4.56. The molecule has 0 aliphatic heterocycles. The molecule has 2 aromatic rings. The highest BCUT2D eigenvalue weighted by atomic mass is 35.5. The Bertz CT molecular complexity index is 1110. The van der Waals surface area contributed by atoms with Crippen LogP contribution in [0.25, 0.3) is 0 Å². The Morgan fingerprint density at radius 2 is 1.69 bits per heavy atom. The monoisotopic (exact) mass is 523 g/mol. The Kier molecular flexibility index (Phi) is 10.4. The molecule has 35 heavy (non-hydrogen) atoms. The summed E-state index contributed by atoms with van der Waals surface area (Å²) in [7, 11) is -2.41. The highest BCUT2D eigenvalue weighted by Gasteiger charge is 2.32. The average molecular weight is 524 g/mol. The van der Waals surface area contributed by atoms with E-state index in [2.05, 4.69) is 5.32 Å². The summed E-state index contributed by atoms with van der Waals surface area (Å²) in [6.07, 6.45) is 2.13. The molecule has 0 fully saturated rings. The lowest BCUT2D eigenvalue weighted by Gasteiger charge is -2.33. The first kappa shape index (κ1) is 28.5. The Balaban J connectivity index is 2.46. The summed E-state index contributed by atoms with van der Waals surface area (Å²) in [5.41, 5.74) is 1.01. The largest absolute Gasteiger partial charge is 0.495 e. The third kappa shape index (κ3) is 7.86. The highest BCUT2D eigenvalue weighted by molar-refractivity contribution is 7.92. The van der Waals surface area contributed by atoms with E-state index < -0.39 is 28.5 Å². The van der Waals surface area contributed by atoms with Gasteiger partial charge in [-0.3, -0.25) is 13.9 Å². The highest BCUT2D eigenvalue weighted by Crippen LogP contribution is 2.29. The van der Waals surface area contributed by atoms with Crippen LogP contribution in [0, 0.1) is 0 Å². The van der Waals surface area contributed by atoms with Gasteiger partial charge in [0.15, 0.2) is 0 Å². The quantitative estimate of drug-likeness (QED) is 0.456. The van der Waals surface area contributed by atoms with Crippen LogP contribution in [0.1, 0.15) is 39.2 Å². The minimum atomic E-state index is -3.85. The van der Waals surface area contributed by atoms with Gasteiger partial charge in [0, 0.05) is 17.6 Å². The van der Waals surface area contributed by atoms with Crippen LogP contribution in [-0.4, -0.2) is 57.1 Å². The number of halogens is 1. The van der Waals surface area contributed by atoms with Crippen molar-refractivity contribution in [1.82, 2.24) is 10.2 Å². The molecule has 0 heterocycles. The van der Waals surface area contributed by atoms with Gasteiger partial charge in [-0.25, -0.2) is 8.42 Å². The fourth-order valence-electron chi connectivity index (χ4n) is 3.58. The van der Waals surface area contributed by atoms with E-state index in [0.29, 0.717) is 17.2 Å². The SMILES string of the molecule is CC[C@H](C(=O)N[C@@H](C)CC)N(Cc1ccc(Cl)cc1)C(=O)CN(c1ccccc1OC)S(C)(=O)=O. The molecule has 0 unspecified atom stereocenters. The zero-order valence-electron chi connectivity index (χ0n) is 20.8. The van der Waals surface area contributed by atoms with Crippen LogP contribution < -0.4 is 14.4 Å². The number of hydrogen-bond acceptors (Lipinski definition) is 5. The number of hydrogen-bond donors (Lipinski definition) is 1. The fraction of sp³-hybridized carbons (Fsp3) is 0.440. The van der Waals surface area contributed by atoms with Crippen molar-refractivity contribution in [3.63, 3.8) is 0 Å². The van der Waals surface area contributed by atoms with E-state index in [1.165, 1.54) is 12.0 Å². The Morgan fingerprint density at radius 1 is 1.06 bits per heavy atom. The molecule has 0 aliphatic rings. The number of nitrogens with one attached hydrogen (secondary N) is 1. The zero-order valence-corrected chi connectivity index (χ0v) is 22.4. The first-order valence-electron chi connectivity index (χ1n) is 11.5. The van der Waals surface area contributed by atoms with Crippen LogP contribution in [0.3, 0.4) is 0 Å². The first-order valence-corrected chi connectivity index (χ1v) is 13.7. The summed E-state index contributed by atoms with van der Waals surface area (Å²) in [5.74, 6) is -0.480. The van der Waals surface area contributed by atoms with Gasteiger partial charge in [0.2, 0.25) is 21.8 Å². The van der Waals surface area contributed by atoms with E-state index in [9.17, 15) is 18.0 Å². The standard InChI is InChI=1S/C25H34ClN3O5S/c1-6-18(3)27-25(31)21(7-2)28(16-19-12-14-20(26)15-13-19)24(30)17-29(35(5,32)33)22-10-8-9-11-23(22)34-4/h8-15,18,21H,6-7,16-17H2,1-5H3,(H,27,31)/t18-,21+/m0/s1. The summed E-state index contributed by atoms with van der Waals surface area (Å²) >= 11 is 6.01. The average Bonchev–Trinajstić information content (AvgIpc) is 2.82. The van der Waals surface area contributed by atoms with Gasteiger partial charge < -0.3 is 15.0 Å². The number of carbonyl (C=O) groups excluding carboxylic acids is 2. The topological polar surface area (TPSA) is 96.0 Å². The van der Waals surface area contributed by atoms with E-state index in [1.54, 1.807) is 48.5 Å². The summed E-state index contributed by atoms with van der Waals surface area (Å²) in [4.78, 5) is 28.2. The number of ether oxygens (including phenoxy) is 1. The second-order valence-electron chi connectivity index (χ2n) is 8.33. The lowest BCUT2D eigenvalue weighted by atomic mass is 10.1. The minimum absolute atomic E-state index is 0.0647. The predicted molar refractivity (Wildman–Crippen MR) is 139 cm³/mol. The molecule has 192 valence electrons. The zero-order chi connectivity index (χ0) is 26.2. The van der Waals surface area contributed by atoms with Gasteiger partial charge in [-0.15, -0.1) is 0 Å².